The van der Waals surface area contributed by atoms with Crippen LogP contribution in [-0.2, 0) is 42.8 Å². The van der Waals surface area contributed by atoms with Gasteiger partial charge in [-0.2, -0.15) is 11.8 Å². The number of amides is 4. The molecule has 6 atom stereocenters. The number of nitrogens with one attached hydrogen (secondary N) is 5. The van der Waals surface area contributed by atoms with E-state index in [1.165, 1.54) is 0 Å². The summed E-state index contributed by atoms with van der Waals surface area (Å²) in [5, 5.41) is 27.3. The zero-order valence-electron chi connectivity index (χ0n) is 40.8. The average Bonchev–Trinajstić information content (AvgIpc) is 3.92. The lowest BCUT2D eigenvalue weighted by Crippen LogP contribution is -2.55. The summed E-state index contributed by atoms with van der Waals surface area (Å²) in [5.74, 6) is 1.49. The molecule has 3 aromatic rings. The first kappa shape index (κ1) is 56.2. The Hall–Kier alpha value is -3.75. The number of aliphatic hydroxyl groups is 1. The first-order valence-corrected chi connectivity index (χ1v) is 26.7. The highest BCUT2D eigenvalue weighted by molar-refractivity contribution is 8.00. The predicted octanol–water partition coefficient (Wildman–Crippen LogP) is 5.48. The molecule has 2 aliphatic rings. The van der Waals surface area contributed by atoms with Crippen LogP contribution in [0.15, 0.2) is 91.0 Å². The van der Waals surface area contributed by atoms with Crippen molar-refractivity contribution < 1.29 is 47.9 Å². The summed E-state index contributed by atoms with van der Waals surface area (Å²) in [6.07, 6.45) is 2.45. The maximum atomic E-state index is 13.4. The van der Waals surface area contributed by atoms with Gasteiger partial charge in [-0.25, -0.2) is 4.79 Å². The number of benzene rings is 3. The molecule has 3 unspecified atom stereocenters. The second kappa shape index (κ2) is 32.3. The summed E-state index contributed by atoms with van der Waals surface area (Å²) in [7, 11) is 0. The van der Waals surface area contributed by atoms with Crippen LogP contribution in [0.3, 0.4) is 0 Å². The zero-order chi connectivity index (χ0) is 48.9. The van der Waals surface area contributed by atoms with Gasteiger partial charge >= 0.3 is 6.03 Å². The number of urea groups is 1. The lowest BCUT2D eigenvalue weighted by atomic mass is 9.84. The molecule has 3 aromatic carbocycles. The Bertz CT molecular complexity index is 1780. The van der Waals surface area contributed by atoms with E-state index in [0.717, 1.165) is 41.7 Å². The second-order valence-corrected chi connectivity index (χ2v) is 20.1. The number of fused-ring (bicyclic) bond motifs is 1. The van der Waals surface area contributed by atoms with E-state index >= 15 is 0 Å². The van der Waals surface area contributed by atoms with Crippen molar-refractivity contribution in [3.8, 4) is 0 Å². The van der Waals surface area contributed by atoms with Crippen molar-refractivity contribution in [3.05, 3.63) is 108 Å². The first-order chi connectivity index (χ1) is 33.7. The quantitative estimate of drug-likeness (QED) is 0.0185. The Labute approximate surface area is 418 Å². The molecule has 0 aliphatic carbocycles. The maximum absolute atomic E-state index is 13.4. The molecule has 0 aromatic heterocycles. The SMILES string of the molecule is CC(C)[C@@H](C)NC(O)C(CSC(c1ccccc1)(c1ccccc1)c1ccccc1)NC(=O)CCOCCOCCOCCOCCOCCOCCNC(=O)CCCCC1SC[C@H]2NC(=O)N[C@@H]12. The van der Waals surface area contributed by atoms with Crippen molar-refractivity contribution in [2.75, 3.05) is 97.3 Å². The highest BCUT2D eigenvalue weighted by Gasteiger charge is 2.43. The van der Waals surface area contributed by atoms with E-state index in [-0.39, 0.29) is 54.9 Å². The van der Waals surface area contributed by atoms with Crippen molar-refractivity contribution in [2.45, 2.75) is 93.3 Å². The number of unbranched alkanes of at least 4 members (excludes halogenated alkanes) is 1. The molecule has 382 valence electrons. The number of thioether (sulfide) groups is 2. The number of rotatable bonds is 37. The Morgan fingerprint density at radius 1 is 0.681 bits per heavy atom. The molecule has 5 rings (SSSR count). The van der Waals surface area contributed by atoms with Gasteiger partial charge < -0.3 is 54.8 Å². The van der Waals surface area contributed by atoms with E-state index in [9.17, 15) is 19.5 Å². The number of aliphatic hydroxyl groups excluding tert-OH is 1. The van der Waals surface area contributed by atoms with Crippen LogP contribution in [0.5, 0.6) is 0 Å². The molecular formula is C52H77N5O10S2. The monoisotopic (exact) mass is 996 g/mol. The molecule has 4 amide bonds. The van der Waals surface area contributed by atoms with Crippen LogP contribution in [-0.4, -0.2) is 156 Å². The molecule has 0 saturated carbocycles. The fourth-order valence-corrected chi connectivity index (χ4v) is 11.2. The minimum Gasteiger partial charge on any atom is -0.379 e. The van der Waals surface area contributed by atoms with Gasteiger partial charge in [0.25, 0.3) is 0 Å². The van der Waals surface area contributed by atoms with Crippen LogP contribution in [0.2, 0.25) is 0 Å². The molecule has 2 aliphatic heterocycles. The molecule has 2 saturated heterocycles. The fraction of sp³-hybridized carbons (Fsp3) is 0.596. The third-order valence-corrected chi connectivity index (χ3v) is 15.3. The minimum absolute atomic E-state index is 0.0260. The molecule has 0 spiro atoms. The number of ether oxygens (including phenoxy) is 6. The van der Waals surface area contributed by atoms with Crippen molar-refractivity contribution in [2.24, 2.45) is 5.92 Å². The molecular weight excluding hydrogens is 919 g/mol. The van der Waals surface area contributed by atoms with Crippen molar-refractivity contribution in [1.82, 2.24) is 26.6 Å². The fourth-order valence-electron chi connectivity index (χ4n) is 8.04. The third kappa shape index (κ3) is 19.8. The molecule has 6 N–H and O–H groups in total. The van der Waals surface area contributed by atoms with Gasteiger partial charge in [0.15, 0.2) is 0 Å². The predicted molar refractivity (Wildman–Crippen MR) is 274 cm³/mol. The smallest absolute Gasteiger partial charge is 0.315 e. The third-order valence-electron chi connectivity index (χ3n) is 12.2. The largest absolute Gasteiger partial charge is 0.379 e. The van der Waals surface area contributed by atoms with Gasteiger partial charge in [-0.3, -0.25) is 14.9 Å². The normalized spacial score (nSPS) is 18.0. The van der Waals surface area contributed by atoms with Crippen LogP contribution in [0.1, 0.15) is 69.6 Å². The number of carbonyl (C=O) groups is 3. The first-order valence-electron chi connectivity index (χ1n) is 24.6. The van der Waals surface area contributed by atoms with Crippen molar-refractivity contribution in [3.63, 3.8) is 0 Å². The topological polar surface area (TPSA) is 187 Å². The van der Waals surface area contributed by atoms with Crippen LogP contribution in [0.25, 0.3) is 0 Å². The van der Waals surface area contributed by atoms with Crippen LogP contribution in [0.4, 0.5) is 4.79 Å². The standard InChI is InChI=1S/C52H77N5O10S2/c1-39(2)40(3)54-50(60)45(38-69-52(41-15-7-4-8-16-41,42-17-9-5-10-18-42)43-19-11-6-12-20-43)55-48(59)23-25-62-27-29-64-31-33-66-35-36-67-34-32-65-30-28-63-26-24-53-47(58)22-14-13-21-46-49-44(37-68-46)56-51(61)57-49/h4-12,15-20,39-40,44-46,49-50,54,60H,13-14,21-38H2,1-3H3,(H,53,58)(H,55,59)(H2,56,57,61)/t40-,44-,45?,46?,49-,50?/m1/s1. The Morgan fingerprint density at radius 2 is 1.17 bits per heavy atom. The average molecular weight is 996 g/mol. The van der Waals surface area contributed by atoms with E-state index in [1.54, 1.807) is 11.8 Å². The maximum Gasteiger partial charge on any atom is 0.315 e. The van der Waals surface area contributed by atoms with Crippen molar-refractivity contribution >= 4 is 41.4 Å². The number of carbonyl (C=O) groups excluding carboxylic acids is 3. The van der Waals surface area contributed by atoms with Gasteiger partial charge in [0.2, 0.25) is 11.8 Å². The lowest BCUT2D eigenvalue weighted by molar-refractivity contribution is -0.124. The van der Waals surface area contributed by atoms with Crippen LogP contribution in [0, 0.1) is 5.92 Å². The second-order valence-electron chi connectivity index (χ2n) is 17.6. The lowest BCUT2D eigenvalue weighted by Gasteiger charge is -2.37. The number of hydrogen-bond donors (Lipinski definition) is 6. The molecule has 17 heteroatoms. The van der Waals surface area contributed by atoms with E-state index < -0.39 is 17.0 Å². The van der Waals surface area contributed by atoms with E-state index in [0.29, 0.717) is 96.6 Å². The van der Waals surface area contributed by atoms with Gasteiger partial charge in [0, 0.05) is 42.2 Å². The van der Waals surface area contributed by atoms with Gasteiger partial charge in [0.05, 0.1) is 102 Å². The highest BCUT2D eigenvalue weighted by atomic mass is 32.2. The van der Waals surface area contributed by atoms with Crippen LogP contribution >= 0.6 is 23.5 Å². The van der Waals surface area contributed by atoms with E-state index in [1.807, 2.05) is 73.3 Å². The highest BCUT2D eigenvalue weighted by Crippen LogP contribution is 2.48. The van der Waals surface area contributed by atoms with E-state index in [2.05, 4.69) is 76.8 Å². The Kier molecular flexibility index (Phi) is 26.3. The molecule has 15 nitrogen and oxygen atoms in total. The Balaban J connectivity index is 0.859. The van der Waals surface area contributed by atoms with Crippen molar-refractivity contribution in [1.29, 1.82) is 0 Å². The minimum atomic E-state index is -0.979. The zero-order valence-corrected chi connectivity index (χ0v) is 42.4. The summed E-state index contributed by atoms with van der Waals surface area (Å²) < 4.78 is 33.0. The molecule has 0 radical (unpaired) electrons. The molecule has 2 heterocycles. The Morgan fingerprint density at radius 3 is 1.68 bits per heavy atom. The summed E-state index contributed by atoms with van der Waals surface area (Å²) >= 11 is 3.59. The molecule has 0 bridgehead atoms. The molecule has 69 heavy (non-hydrogen) atoms. The van der Waals surface area contributed by atoms with Crippen LogP contribution < -0.4 is 26.6 Å². The number of hydrogen-bond acceptors (Lipinski definition) is 13. The summed E-state index contributed by atoms with van der Waals surface area (Å²) in [4.78, 5) is 37.0. The van der Waals surface area contributed by atoms with Gasteiger partial charge in [-0.1, -0.05) is 111 Å². The molecule has 2 fully saturated rings. The van der Waals surface area contributed by atoms with Gasteiger partial charge in [-0.05, 0) is 42.4 Å². The van der Waals surface area contributed by atoms with E-state index in [4.69, 9.17) is 28.4 Å². The van der Waals surface area contributed by atoms with Gasteiger partial charge in [-0.15, -0.1) is 11.8 Å². The summed E-state index contributed by atoms with van der Waals surface area (Å²) in [5.41, 5.74) is 3.33. The summed E-state index contributed by atoms with van der Waals surface area (Å²) in [6, 6.07) is 31.0. The summed E-state index contributed by atoms with van der Waals surface area (Å²) in [6.45, 7) is 11.6. The van der Waals surface area contributed by atoms with Gasteiger partial charge in [0.1, 0.15) is 6.23 Å².